The molecule has 0 amide bonds. The van der Waals surface area contributed by atoms with Crippen molar-refractivity contribution in [3.05, 3.63) is 58.6 Å². The summed E-state index contributed by atoms with van der Waals surface area (Å²) in [7, 11) is -3.53. The molecule has 0 spiro atoms. The van der Waals surface area contributed by atoms with E-state index in [-0.39, 0.29) is 6.54 Å². The first-order valence-corrected chi connectivity index (χ1v) is 9.17. The summed E-state index contributed by atoms with van der Waals surface area (Å²) in [5.74, 6) is 0. The van der Waals surface area contributed by atoms with Crippen molar-refractivity contribution >= 4 is 31.6 Å². The van der Waals surface area contributed by atoms with Gasteiger partial charge in [0.2, 0.25) is 10.0 Å². The molecule has 0 saturated carbocycles. The Bertz CT molecular complexity index is 897. The van der Waals surface area contributed by atoms with Crippen LogP contribution in [-0.4, -0.2) is 13.4 Å². The summed E-state index contributed by atoms with van der Waals surface area (Å²) >= 11 is 1.50. The second-order valence-electron chi connectivity index (χ2n) is 5.17. The minimum Gasteiger partial charge on any atom is -0.240 e. The van der Waals surface area contributed by atoms with E-state index >= 15 is 0 Å². The third kappa shape index (κ3) is 3.04. The molecule has 0 saturated heterocycles. The molecule has 3 rings (SSSR count). The van der Waals surface area contributed by atoms with Gasteiger partial charge in [-0.05, 0) is 43.2 Å². The van der Waals surface area contributed by atoms with Crippen molar-refractivity contribution in [2.75, 3.05) is 0 Å². The SMILES string of the molecule is Cc1ccc(C)c(S(=O)(=O)NCc2nc3ccccc3s2)c1. The number of benzene rings is 2. The van der Waals surface area contributed by atoms with E-state index in [1.54, 1.807) is 13.0 Å². The molecule has 0 atom stereocenters. The standard InChI is InChI=1S/C16H16N2O2S2/c1-11-7-8-12(2)15(9-11)22(19,20)17-10-16-18-13-5-3-4-6-14(13)21-16/h3-9,17H,10H2,1-2H3. The number of nitrogens with one attached hydrogen (secondary N) is 1. The summed E-state index contributed by atoms with van der Waals surface area (Å²) in [6.07, 6.45) is 0. The van der Waals surface area contributed by atoms with Crippen molar-refractivity contribution in [1.29, 1.82) is 0 Å². The predicted molar refractivity (Wildman–Crippen MR) is 89.6 cm³/mol. The highest BCUT2D eigenvalue weighted by atomic mass is 32.2. The van der Waals surface area contributed by atoms with Gasteiger partial charge in [0.25, 0.3) is 0 Å². The fourth-order valence-electron chi connectivity index (χ4n) is 2.23. The smallest absolute Gasteiger partial charge is 0.240 e. The van der Waals surface area contributed by atoms with Crippen molar-refractivity contribution in [2.24, 2.45) is 0 Å². The molecule has 114 valence electrons. The lowest BCUT2D eigenvalue weighted by Gasteiger charge is -2.09. The van der Waals surface area contributed by atoms with E-state index in [2.05, 4.69) is 9.71 Å². The number of aryl methyl sites for hydroxylation is 2. The molecule has 0 unspecified atom stereocenters. The Morgan fingerprint density at radius 3 is 2.68 bits per heavy atom. The van der Waals surface area contributed by atoms with Crippen LogP contribution >= 0.6 is 11.3 Å². The van der Waals surface area contributed by atoms with Crippen LogP contribution in [0.1, 0.15) is 16.1 Å². The molecule has 1 heterocycles. The molecule has 2 aromatic carbocycles. The number of nitrogens with zero attached hydrogens (tertiary/aromatic N) is 1. The number of para-hydroxylation sites is 1. The van der Waals surface area contributed by atoms with Crippen LogP contribution in [0.25, 0.3) is 10.2 Å². The monoisotopic (exact) mass is 332 g/mol. The highest BCUT2D eigenvalue weighted by Crippen LogP contribution is 2.22. The number of hydrogen-bond donors (Lipinski definition) is 1. The fourth-order valence-corrected chi connectivity index (χ4v) is 4.54. The van der Waals surface area contributed by atoms with Gasteiger partial charge >= 0.3 is 0 Å². The van der Waals surface area contributed by atoms with Gasteiger partial charge < -0.3 is 0 Å². The van der Waals surface area contributed by atoms with E-state index in [0.29, 0.717) is 4.90 Å². The molecule has 0 aliphatic heterocycles. The lowest BCUT2D eigenvalue weighted by molar-refractivity contribution is 0.580. The zero-order valence-electron chi connectivity index (χ0n) is 12.3. The van der Waals surface area contributed by atoms with Crippen molar-refractivity contribution in [3.63, 3.8) is 0 Å². The topological polar surface area (TPSA) is 59.1 Å². The maximum atomic E-state index is 12.5. The van der Waals surface area contributed by atoms with Gasteiger partial charge in [-0.1, -0.05) is 24.3 Å². The van der Waals surface area contributed by atoms with Crippen LogP contribution in [0.4, 0.5) is 0 Å². The van der Waals surface area contributed by atoms with Gasteiger partial charge in [0, 0.05) is 0 Å². The number of rotatable bonds is 4. The molecule has 0 aliphatic rings. The lowest BCUT2D eigenvalue weighted by Crippen LogP contribution is -2.24. The summed E-state index contributed by atoms with van der Waals surface area (Å²) in [4.78, 5) is 4.77. The summed E-state index contributed by atoms with van der Waals surface area (Å²) in [5, 5.41) is 0.759. The van der Waals surface area contributed by atoms with Gasteiger partial charge in [0.05, 0.1) is 21.7 Å². The minimum absolute atomic E-state index is 0.203. The van der Waals surface area contributed by atoms with E-state index in [1.165, 1.54) is 11.3 Å². The number of fused-ring (bicyclic) bond motifs is 1. The maximum absolute atomic E-state index is 12.5. The Labute approximate surface area is 133 Å². The highest BCUT2D eigenvalue weighted by Gasteiger charge is 2.17. The van der Waals surface area contributed by atoms with E-state index in [1.807, 2.05) is 43.3 Å². The average molecular weight is 332 g/mol. The van der Waals surface area contributed by atoms with Gasteiger partial charge in [0.1, 0.15) is 5.01 Å². The van der Waals surface area contributed by atoms with Gasteiger partial charge in [-0.2, -0.15) is 0 Å². The molecule has 1 aromatic heterocycles. The third-order valence-electron chi connectivity index (χ3n) is 3.38. The highest BCUT2D eigenvalue weighted by molar-refractivity contribution is 7.89. The van der Waals surface area contributed by atoms with E-state index < -0.39 is 10.0 Å². The van der Waals surface area contributed by atoms with Crippen LogP contribution in [0.5, 0.6) is 0 Å². The number of thiazole rings is 1. The van der Waals surface area contributed by atoms with Crippen LogP contribution in [0.3, 0.4) is 0 Å². The summed E-state index contributed by atoms with van der Waals surface area (Å²) in [6, 6.07) is 13.2. The summed E-state index contributed by atoms with van der Waals surface area (Å²) < 4.78 is 28.6. The molecule has 0 bridgehead atoms. The fraction of sp³-hybridized carbons (Fsp3) is 0.188. The molecule has 1 N–H and O–H groups in total. The maximum Gasteiger partial charge on any atom is 0.241 e. The Morgan fingerprint density at radius 1 is 1.14 bits per heavy atom. The Hall–Kier alpha value is -1.76. The third-order valence-corrected chi connectivity index (χ3v) is 5.96. The van der Waals surface area contributed by atoms with Gasteiger partial charge in [-0.15, -0.1) is 11.3 Å². The second kappa shape index (κ2) is 5.79. The normalized spacial score (nSPS) is 11.9. The van der Waals surface area contributed by atoms with Crippen LogP contribution in [0.15, 0.2) is 47.4 Å². The van der Waals surface area contributed by atoms with Crippen LogP contribution in [0, 0.1) is 13.8 Å². The van der Waals surface area contributed by atoms with Crippen molar-refractivity contribution < 1.29 is 8.42 Å². The Kier molecular flexibility index (Phi) is 3.99. The van der Waals surface area contributed by atoms with E-state index in [0.717, 1.165) is 26.4 Å². The molecular weight excluding hydrogens is 316 g/mol. The van der Waals surface area contributed by atoms with Crippen molar-refractivity contribution in [2.45, 2.75) is 25.3 Å². The molecule has 0 radical (unpaired) electrons. The predicted octanol–water partition coefficient (Wildman–Crippen LogP) is 3.39. The zero-order chi connectivity index (χ0) is 15.7. The van der Waals surface area contributed by atoms with Gasteiger partial charge in [-0.3, -0.25) is 0 Å². The van der Waals surface area contributed by atoms with Crippen molar-refractivity contribution in [3.8, 4) is 0 Å². The second-order valence-corrected chi connectivity index (χ2v) is 8.02. The van der Waals surface area contributed by atoms with Gasteiger partial charge in [-0.25, -0.2) is 18.1 Å². The van der Waals surface area contributed by atoms with Gasteiger partial charge in [0.15, 0.2) is 0 Å². The lowest BCUT2D eigenvalue weighted by atomic mass is 10.2. The minimum atomic E-state index is -3.53. The number of sulfonamides is 1. The van der Waals surface area contributed by atoms with Crippen molar-refractivity contribution in [1.82, 2.24) is 9.71 Å². The van der Waals surface area contributed by atoms with E-state index in [4.69, 9.17) is 0 Å². The quantitative estimate of drug-likeness (QED) is 0.796. The first-order valence-electron chi connectivity index (χ1n) is 6.87. The molecular formula is C16H16N2O2S2. The first-order chi connectivity index (χ1) is 10.5. The average Bonchev–Trinajstić information content (AvgIpc) is 2.90. The Morgan fingerprint density at radius 2 is 1.91 bits per heavy atom. The molecule has 3 aromatic rings. The molecule has 6 heteroatoms. The summed E-state index contributed by atoms with van der Waals surface area (Å²) in [6.45, 7) is 3.88. The largest absolute Gasteiger partial charge is 0.241 e. The van der Waals surface area contributed by atoms with Crippen LogP contribution < -0.4 is 4.72 Å². The van der Waals surface area contributed by atoms with Crippen LogP contribution in [-0.2, 0) is 16.6 Å². The Balaban J connectivity index is 1.84. The molecule has 0 fully saturated rings. The first kappa shape index (κ1) is 15.1. The number of hydrogen-bond acceptors (Lipinski definition) is 4. The zero-order valence-corrected chi connectivity index (χ0v) is 14.0. The molecule has 0 aliphatic carbocycles. The van der Waals surface area contributed by atoms with Crippen LogP contribution in [0.2, 0.25) is 0 Å². The summed E-state index contributed by atoms with van der Waals surface area (Å²) in [5.41, 5.74) is 2.56. The molecule has 22 heavy (non-hydrogen) atoms. The molecule has 4 nitrogen and oxygen atoms in total. The number of aromatic nitrogens is 1. The van der Waals surface area contributed by atoms with E-state index in [9.17, 15) is 8.42 Å².